The summed E-state index contributed by atoms with van der Waals surface area (Å²) in [4.78, 5) is 27.2. The first-order valence-electron chi connectivity index (χ1n) is 9.90. The first kappa shape index (κ1) is 18.0. The fourth-order valence-corrected chi connectivity index (χ4v) is 4.17. The number of nitrogens with one attached hydrogen (secondary N) is 1. The van der Waals surface area contributed by atoms with E-state index < -0.39 is 0 Å². The van der Waals surface area contributed by atoms with Crippen LogP contribution in [0.5, 0.6) is 0 Å². The third-order valence-corrected chi connectivity index (χ3v) is 5.53. The molecule has 4 nitrogen and oxygen atoms in total. The fourth-order valence-electron chi connectivity index (χ4n) is 4.17. The van der Waals surface area contributed by atoms with Gasteiger partial charge >= 0.3 is 0 Å². The highest BCUT2D eigenvalue weighted by Crippen LogP contribution is 2.34. The lowest BCUT2D eigenvalue weighted by Crippen LogP contribution is -2.35. The van der Waals surface area contributed by atoms with Crippen LogP contribution in [0.2, 0.25) is 0 Å². The van der Waals surface area contributed by atoms with E-state index in [9.17, 15) is 9.59 Å². The average molecular weight is 342 g/mol. The maximum atomic E-state index is 12.7. The Bertz CT molecular complexity index is 608. The van der Waals surface area contributed by atoms with Crippen LogP contribution in [0.4, 0.5) is 5.69 Å². The Hall–Kier alpha value is -1.84. The lowest BCUT2D eigenvalue weighted by Gasteiger charge is -2.26. The maximum Gasteiger partial charge on any atom is 0.226 e. The highest BCUT2D eigenvalue weighted by Gasteiger charge is 2.29. The third kappa shape index (κ3) is 4.23. The van der Waals surface area contributed by atoms with Gasteiger partial charge in [-0.15, -0.1) is 0 Å². The van der Waals surface area contributed by atoms with E-state index in [1.807, 2.05) is 30.0 Å². The van der Waals surface area contributed by atoms with E-state index >= 15 is 0 Å². The minimum atomic E-state index is 0.0186. The third-order valence-electron chi connectivity index (χ3n) is 5.53. The zero-order chi connectivity index (χ0) is 17.6. The molecule has 0 saturated heterocycles. The summed E-state index contributed by atoms with van der Waals surface area (Å²) >= 11 is 0. The molecule has 2 amide bonds. The second-order valence-electron chi connectivity index (χ2n) is 7.39. The quantitative estimate of drug-likeness (QED) is 0.884. The predicted molar refractivity (Wildman–Crippen MR) is 100 cm³/mol. The Morgan fingerprint density at radius 2 is 1.84 bits per heavy atom. The molecular weight excluding hydrogens is 312 g/mol. The second-order valence-corrected chi connectivity index (χ2v) is 7.39. The van der Waals surface area contributed by atoms with Crippen LogP contribution in [0.3, 0.4) is 0 Å². The summed E-state index contributed by atoms with van der Waals surface area (Å²) in [7, 11) is 0. The van der Waals surface area contributed by atoms with Crippen LogP contribution < -0.4 is 10.2 Å². The van der Waals surface area contributed by atoms with Crippen LogP contribution >= 0.6 is 0 Å². The van der Waals surface area contributed by atoms with Crippen molar-refractivity contribution < 1.29 is 9.59 Å². The number of rotatable bonds is 4. The normalized spacial score (nSPS) is 21.3. The van der Waals surface area contributed by atoms with Crippen molar-refractivity contribution in [3.8, 4) is 0 Å². The van der Waals surface area contributed by atoms with Gasteiger partial charge < -0.3 is 10.2 Å². The Kier molecular flexibility index (Phi) is 6.11. The van der Waals surface area contributed by atoms with E-state index in [1.165, 1.54) is 19.3 Å². The summed E-state index contributed by atoms with van der Waals surface area (Å²) in [5.41, 5.74) is 2.07. The molecule has 1 aliphatic heterocycles. The lowest BCUT2D eigenvalue weighted by molar-refractivity contribution is -0.126. The molecule has 0 bridgehead atoms. The van der Waals surface area contributed by atoms with Crippen LogP contribution in [-0.2, 0) is 9.59 Å². The number of anilines is 1. The minimum Gasteiger partial charge on any atom is -0.349 e. The van der Waals surface area contributed by atoms with Crippen molar-refractivity contribution in [3.63, 3.8) is 0 Å². The Morgan fingerprint density at radius 3 is 2.60 bits per heavy atom. The number of fused-ring (bicyclic) bond motifs is 1. The van der Waals surface area contributed by atoms with Crippen molar-refractivity contribution in [3.05, 3.63) is 29.8 Å². The van der Waals surface area contributed by atoms with E-state index in [0.717, 1.165) is 49.9 Å². The van der Waals surface area contributed by atoms with E-state index in [-0.39, 0.29) is 23.8 Å². The van der Waals surface area contributed by atoms with Crippen molar-refractivity contribution in [1.29, 1.82) is 0 Å². The number of carbonyl (C=O) groups is 2. The molecular formula is C21H30N2O2. The van der Waals surface area contributed by atoms with Crippen molar-refractivity contribution in [2.24, 2.45) is 5.92 Å². The van der Waals surface area contributed by atoms with E-state index in [4.69, 9.17) is 0 Å². The molecule has 1 aromatic carbocycles. The maximum absolute atomic E-state index is 12.7. The van der Waals surface area contributed by atoms with Crippen molar-refractivity contribution >= 4 is 17.5 Å². The molecule has 1 saturated carbocycles. The molecule has 1 aliphatic carbocycles. The van der Waals surface area contributed by atoms with Gasteiger partial charge in [0.15, 0.2) is 0 Å². The van der Waals surface area contributed by atoms with Crippen molar-refractivity contribution in [1.82, 2.24) is 5.32 Å². The summed E-state index contributed by atoms with van der Waals surface area (Å²) in [5, 5.41) is 3.30. The van der Waals surface area contributed by atoms with Crippen molar-refractivity contribution in [2.75, 3.05) is 11.4 Å². The van der Waals surface area contributed by atoms with Crippen LogP contribution in [0.15, 0.2) is 24.3 Å². The van der Waals surface area contributed by atoms with Gasteiger partial charge in [-0.3, -0.25) is 9.59 Å². The lowest BCUT2D eigenvalue weighted by atomic mass is 9.88. The van der Waals surface area contributed by atoms with Gasteiger partial charge in [-0.05, 0) is 43.7 Å². The van der Waals surface area contributed by atoms with E-state index in [0.29, 0.717) is 6.42 Å². The SMILES string of the molecule is CCCC(=O)N1CCCC(NC(=O)C2CCCCC2)c2ccccc21. The average Bonchev–Trinajstić information content (AvgIpc) is 2.82. The standard InChI is InChI=1S/C21H30N2O2/c1-2-9-20(24)23-15-8-13-18(17-12-6-7-14-19(17)23)22-21(25)16-10-4-3-5-11-16/h6-7,12,14,16,18H,2-5,8-11,13,15H2,1H3,(H,22,25). The number of nitrogens with zero attached hydrogens (tertiary/aromatic N) is 1. The summed E-state index contributed by atoms with van der Waals surface area (Å²) in [6.07, 6.45) is 8.86. The monoisotopic (exact) mass is 342 g/mol. The van der Waals surface area contributed by atoms with Crippen LogP contribution in [0.1, 0.15) is 76.3 Å². The van der Waals surface area contributed by atoms with Crippen LogP contribution in [0, 0.1) is 5.92 Å². The highest BCUT2D eigenvalue weighted by atomic mass is 16.2. The molecule has 136 valence electrons. The number of amides is 2. The molecule has 1 aromatic rings. The first-order chi connectivity index (χ1) is 12.2. The van der Waals surface area contributed by atoms with Crippen LogP contribution in [0.25, 0.3) is 0 Å². The summed E-state index contributed by atoms with van der Waals surface area (Å²) in [6.45, 7) is 2.78. The zero-order valence-corrected chi connectivity index (χ0v) is 15.3. The largest absolute Gasteiger partial charge is 0.349 e. The van der Waals surface area contributed by atoms with Gasteiger partial charge in [0.1, 0.15) is 0 Å². The molecule has 1 unspecified atom stereocenters. The summed E-state index contributed by atoms with van der Waals surface area (Å²) < 4.78 is 0. The van der Waals surface area contributed by atoms with Gasteiger partial charge in [-0.25, -0.2) is 0 Å². The van der Waals surface area contributed by atoms with Gasteiger partial charge in [0.25, 0.3) is 0 Å². The molecule has 25 heavy (non-hydrogen) atoms. The molecule has 1 fully saturated rings. The summed E-state index contributed by atoms with van der Waals surface area (Å²) in [6, 6.07) is 8.10. The Morgan fingerprint density at radius 1 is 1.08 bits per heavy atom. The molecule has 1 heterocycles. The molecule has 3 rings (SSSR count). The topological polar surface area (TPSA) is 49.4 Å². The van der Waals surface area contributed by atoms with Crippen molar-refractivity contribution in [2.45, 2.75) is 70.8 Å². The smallest absolute Gasteiger partial charge is 0.226 e. The minimum absolute atomic E-state index is 0.0186. The predicted octanol–water partition coefficient (Wildman–Crippen LogP) is 4.35. The van der Waals surface area contributed by atoms with Gasteiger partial charge in [0, 0.05) is 24.6 Å². The molecule has 1 N–H and O–H groups in total. The molecule has 1 atom stereocenters. The second kappa shape index (κ2) is 8.50. The zero-order valence-electron chi connectivity index (χ0n) is 15.3. The van der Waals surface area contributed by atoms with Gasteiger partial charge in [0.2, 0.25) is 11.8 Å². The number of para-hydroxylation sites is 1. The number of hydrogen-bond donors (Lipinski definition) is 1. The molecule has 0 spiro atoms. The Labute approximate surface area is 151 Å². The molecule has 0 radical (unpaired) electrons. The van der Waals surface area contributed by atoms with Crippen LogP contribution in [-0.4, -0.2) is 18.4 Å². The van der Waals surface area contributed by atoms with Gasteiger partial charge in [0.05, 0.1) is 6.04 Å². The molecule has 0 aromatic heterocycles. The van der Waals surface area contributed by atoms with E-state index in [1.54, 1.807) is 0 Å². The molecule has 2 aliphatic rings. The molecule has 4 heteroatoms. The number of hydrogen-bond acceptors (Lipinski definition) is 2. The fraction of sp³-hybridized carbons (Fsp3) is 0.619. The van der Waals surface area contributed by atoms with Gasteiger partial charge in [-0.2, -0.15) is 0 Å². The summed E-state index contributed by atoms with van der Waals surface area (Å²) in [5.74, 6) is 0.559. The number of benzene rings is 1. The van der Waals surface area contributed by atoms with Gasteiger partial charge in [-0.1, -0.05) is 44.4 Å². The highest BCUT2D eigenvalue weighted by molar-refractivity contribution is 5.94. The number of carbonyl (C=O) groups excluding carboxylic acids is 2. The van der Waals surface area contributed by atoms with E-state index in [2.05, 4.69) is 11.4 Å². The first-order valence-corrected chi connectivity index (χ1v) is 9.90. The Balaban J connectivity index is 1.79.